The van der Waals surface area contributed by atoms with Crippen molar-refractivity contribution in [1.29, 1.82) is 0 Å². The van der Waals surface area contributed by atoms with Crippen LogP contribution < -0.4 is 5.32 Å². The van der Waals surface area contributed by atoms with Gasteiger partial charge in [0, 0.05) is 53.3 Å². The van der Waals surface area contributed by atoms with Crippen LogP contribution in [0.1, 0.15) is 12.5 Å². The van der Waals surface area contributed by atoms with Gasteiger partial charge >= 0.3 is 0 Å². The molecule has 7 nitrogen and oxygen atoms in total. The average molecular weight is 482 g/mol. The van der Waals surface area contributed by atoms with E-state index in [0.29, 0.717) is 51.3 Å². The number of aromatic nitrogens is 6. The number of halogens is 2. The van der Waals surface area contributed by atoms with E-state index in [2.05, 4.69) is 35.5 Å². The topological polar surface area (TPSA) is 95.2 Å². The molecule has 2 aromatic carbocycles. The summed E-state index contributed by atoms with van der Waals surface area (Å²) in [5.41, 5.74) is 6.07. The van der Waals surface area contributed by atoms with Gasteiger partial charge < -0.3 is 10.3 Å². The molecule has 0 spiro atoms. The third-order valence-corrected chi connectivity index (χ3v) is 6.11. The molecule has 4 heterocycles. The number of H-pyrrole nitrogens is 2. The Kier molecular flexibility index (Phi) is 5.46. The molecule has 0 radical (unpaired) electrons. The van der Waals surface area contributed by atoms with Crippen molar-refractivity contribution in [2.75, 3.05) is 6.54 Å². The molecule has 0 aliphatic carbocycles. The normalized spacial score (nSPS) is 11.5. The van der Waals surface area contributed by atoms with Gasteiger partial charge in [-0.25, -0.2) is 18.7 Å². The minimum atomic E-state index is -0.370. The summed E-state index contributed by atoms with van der Waals surface area (Å²) in [7, 11) is 0. The summed E-state index contributed by atoms with van der Waals surface area (Å²) in [5.74, 6) is -0.178. The fourth-order valence-corrected chi connectivity index (χ4v) is 4.33. The highest BCUT2D eigenvalue weighted by atomic mass is 19.1. The number of nitrogens with one attached hydrogen (secondary N) is 3. The summed E-state index contributed by atoms with van der Waals surface area (Å²) < 4.78 is 28.5. The molecule has 0 unspecified atom stereocenters. The number of imidazole rings is 1. The molecule has 0 atom stereocenters. The molecule has 0 bridgehead atoms. The van der Waals surface area contributed by atoms with Crippen molar-refractivity contribution < 1.29 is 8.78 Å². The van der Waals surface area contributed by atoms with Crippen molar-refractivity contribution in [3.8, 4) is 33.8 Å². The molecular formula is C27H21F2N7. The third-order valence-electron chi connectivity index (χ3n) is 6.11. The van der Waals surface area contributed by atoms with Crippen LogP contribution in [0, 0.1) is 11.6 Å². The highest BCUT2D eigenvalue weighted by Gasteiger charge is 2.18. The number of rotatable bonds is 6. The number of hydrogen-bond donors (Lipinski definition) is 3. The Bertz CT molecular complexity index is 1700. The van der Waals surface area contributed by atoms with Crippen LogP contribution >= 0.6 is 0 Å². The molecule has 36 heavy (non-hydrogen) atoms. The molecule has 3 N–H and O–H groups in total. The van der Waals surface area contributed by atoms with Crippen LogP contribution in [0.25, 0.3) is 55.8 Å². The van der Waals surface area contributed by atoms with Gasteiger partial charge in [-0.15, -0.1) is 0 Å². The zero-order chi connectivity index (χ0) is 24.6. The third kappa shape index (κ3) is 3.89. The van der Waals surface area contributed by atoms with E-state index in [0.717, 1.165) is 23.2 Å². The van der Waals surface area contributed by atoms with E-state index in [9.17, 15) is 4.39 Å². The number of hydrogen-bond acceptors (Lipinski definition) is 5. The number of pyridine rings is 2. The lowest BCUT2D eigenvalue weighted by Gasteiger charge is -2.07. The monoisotopic (exact) mass is 481 g/mol. The second kappa shape index (κ2) is 8.94. The summed E-state index contributed by atoms with van der Waals surface area (Å²) in [6.45, 7) is 3.51. The van der Waals surface area contributed by atoms with Crippen molar-refractivity contribution >= 4 is 22.1 Å². The molecule has 0 aliphatic rings. The van der Waals surface area contributed by atoms with Gasteiger partial charge in [0.15, 0.2) is 11.5 Å². The zero-order valence-corrected chi connectivity index (χ0v) is 19.3. The minimum Gasteiger partial charge on any atom is -0.335 e. The molecule has 0 saturated carbocycles. The predicted molar refractivity (Wildman–Crippen MR) is 135 cm³/mol. The first kappa shape index (κ1) is 22.0. The van der Waals surface area contributed by atoms with E-state index < -0.39 is 0 Å². The summed E-state index contributed by atoms with van der Waals surface area (Å²) in [6.07, 6.45) is 5.08. The Hall–Kier alpha value is -4.50. The zero-order valence-electron chi connectivity index (χ0n) is 19.3. The second-order valence-electron chi connectivity index (χ2n) is 8.46. The predicted octanol–water partition coefficient (Wildman–Crippen LogP) is 5.62. The SMILES string of the molecule is CCNCc1cncc(-c2cc3c(-c4nc5nccc(-c6ccc(F)cc6)c5[nH]4)n[nH]c3cc2F)c1. The van der Waals surface area contributed by atoms with Crippen LogP contribution in [0.5, 0.6) is 0 Å². The van der Waals surface area contributed by atoms with Crippen LogP contribution in [-0.2, 0) is 6.54 Å². The van der Waals surface area contributed by atoms with Gasteiger partial charge in [0.25, 0.3) is 0 Å². The fourth-order valence-electron chi connectivity index (χ4n) is 4.33. The molecule has 9 heteroatoms. The minimum absolute atomic E-state index is 0.303. The van der Waals surface area contributed by atoms with Crippen LogP contribution in [0.3, 0.4) is 0 Å². The molecule has 0 fully saturated rings. The Morgan fingerprint density at radius 1 is 0.944 bits per heavy atom. The molecule has 0 saturated heterocycles. The van der Waals surface area contributed by atoms with Crippen molar-refractivity contribution in [1.82, 2.24) is 35.5 Å². The van der Waals surface area contributed by atoms with Gasteiger partial charge in [0.1, 0.15) is 17.3 Å². The summed E-state index contributed by atoms with van der Waals surface area (Å²) in [5, 5.41) is 11.3. The molecule has 6 rings (SSSR count). The Morgan fingerprint density at radius 2 is 1.81 bits per heavy atom. The van der Waals surface area contributed by atoms with E-state index in [-0.39, 0.29) is 11.6 Å². The quantitative estimate of drug-likeness (QED) is 0.287. The van der Waals surface area contributed by atoms with E-state index >= 15 is 4.39 Å². The first-order valence-corrected chi connectivity index (χ1v) is 11.5. The largest absolute Gasteiger partial charge is 0.335 e. The van der Waals surface area contributed by atoms with Gasteiger partial charge in [-0.1, -0.05) is 19.1 Å². The summed E-state index contributed by atoms with van der Waals surface area (Å²) in [6, 6.07) is 13.2. The standard InChI is InChI=1S/C27H21F2N7/c1-2-30-12-15-9-17(14-31-13-15)20-10-21-23(11-22(20)29)35-36-25(21)27-33-24-19(7-8-32-26(24)34-27)16-3-5-18(28)6-4-16/h3-11,13-14,30H,2,12H2,1H3,(H,35,36)(H,32,33,34). The van der Waals surface area contributed by atoms with Crippen molar-refractivity contribution in [2.45, 2.75) is 13.5 Å². The van der Waals surface area contributed by atoms with Crippen LogP contribution in [-0.4, -0.2) is 36.7 Å². The average Bonchev–Trinajstić information content (AvgIpc) is 3.51. The van der Waals surface area contributed by atoms with E-state index in [1.807, 2.05) is 19.1 Å². The highest BCUT2D eigenvalue weighted by Crippen LogP contribution is 2.34. The van der Waals surface area contributed by atoms with E-state index in [4.69, 9.17) is 0 Å². The first-order valence-electron chi connectivity index (χ1n) is 11.5. The van der Waals surface area contributed by atoms with E-state index in [1.54, 1.807) is 36.8 Å². The lowest BCUT2D eigenvalue weighted by molar-refractivity contribution is 0.628. The maximum atomic E-state index is 15.1. The van der Waals surface area contributed by atoms with Crippen molar-refractivity contribution in [2.24, 2.45) is 0 Å². The Balaban J connectivity index is 1.46. The molecule has 4 aromatic heterocycles. The maximum Gasteiger partial charge on any atom is 0.178 e. The van der Waals surface area contributed by atoms with Gasteiger partial charge in [-0.3, -0.25) is 10.1 Å². The summed E-state index contributed by atoms with van der Waals surface area (Å²) in [4.78, 5) is 16.6. The van der Waals surface area contributed by atoms with Gasteiger partial charge in [-0.05, 0) is 48.0 Å². The van der Waals surface area contributed by atoms with Gasteiger partial charge in [0.05, 0.1) is 11.0 Å². The lowest BCUT2D eigenvalue weighted by Crippen LogP contribution is -2.11. The maximum absolute atomic E-state index is 15.1. The second-order valence-corrected chi connectivity index (χ2v) is 8.46. The molecule has 0 aliphatic heterocycles. The molecule has 0 amide bonds. The highest BCUT2D eigenvalue weighted by molar-refractivity contribution is 5.97. The smallest absolute Gasteiger partial charge is 0.178 e. The first-order chi connectivity index (χ1) is 17.6. The van der Waals surface area contributed by atoms with Crippen molar-refractivity contribution in [3.63, 3.8) is 0 Å². The Morgan fingerprint density at radius 3 is 2.64 bits per heavy atom. The molecule has 6 aromatic rings. The number of fused-ring (bicyclic) bond motifs is 2. The number of aromatic amines is 2. The lowest BCUT2D eigenvalue weighted by atomic mass is 10.0. The van der Waals surface area contributed by atoms with Gasteiger partial charge in [0.2, 0.25) is 0 Å². The van der Waals surface area contributed by atoms with Crippen LogP contribution in [0.2, 0.25) is 0 Å². The molecule has 178 valence electrons. The van der Waals surface area contributed by atoms with Crippen LogP contribution in [0.15, 0.2) is 67.1 Å². The van der Waals surface area contributed by atoms with Crippen molar-refractivity contribution in [3.05, 3.63) is 84.3 Å². The summed E-state index contributed by atoms with van der Waals surface area (Å²) >= 11 is 0. The Labute approximate surface area is 204 Å². The van der Waals surface area contributed by atoms with E-state index in [1.165, 1.54) is 18.2 Å². The fraction of sp³-hybridized carbons (Fsp3) is 0.111. The molecular weight excluding hydrogens is 460 g/mol. The number of nitrogens with zero attached hydrogens (tertiary/aromatic N) is 4. The van der Waals surface area contributed by atoms with Gasteiger partial charge in [-0.2, -0.15) is 5.10 Å². The van der Waals surface area contributed by atoms with Crippen LogP contribution in [0.4, 0.5) is 8.78 Å². The number of benzene rings is 2.